The Hall–Kier alpha value is -2.62. The first-order chi connectivity index (χ1) is 15.5. The largest absolute Gasteiger partial charge is 0.337 e. The van der Waals surface area contributed by atoms with Gasteiger partial charge in [0.2, 0.25) is 10.0 Å². The Balaban J connectivity index is 1.74. The average molecular weight is 493 g/mol. The van der Waals surface area contributed by atoms with Gasteiger partial charge in [-0.2, -0.15) is 0 Å². The number of benzene rings is 2. The Morgan fingerprint density at radius 2 is 1.67 bits per heavy atom. The van der Waals surface area contributed by atoms with Gasteiger partial charge in [-0.15, -0.1) is 0 Å². The number of halogens is 1. The van der Waals surface area contributed by atoms with Crippen molar-refractivity contribution in [3.8, 4) is 0 Å². The van der Waals surface area contributed by atoms with Gasteiger partial charge in [0.15, 0.2) is 0 Å². The summed E-state index contributed by atoms with van der Waals surface area (Å²) in [5.41, 5.74) is 2.29. The van der Waals surface area contributed by atoms with Crippen molar-refractivity contribution in [2.45, 2.75) is 25.2 Å². The molecule has 3 rings (SSSR count). The fourth-order valence-electron chi connectivity index (χ4n) is 3.69. The lowest BCUT2D eigenvalue weighted by molar-refractivity contribution is 0.0762. The summed E-state index contributed by atoms with van der Waals surface area (Å²) in [7, 11) is -0.747. The van der Waals surface area contributed by atoms with E-state index in [2.05, 4.69) is 5.32 Å². The number of hydrogen-bond acceptors (Lipinski definition) is 4. The van der Waals surface area contributed by atoms with E-state index in [0.29, 0.717) is 54.4 Å². The normalized spacial score (nSPS) is 14.8. The molecule has 0 bridgehead atoms. The van der Waals surface area contributed by atoms with Gasteiger partial charge in [0.05, 0.1) is 4.90 Å². The number of nitrogens with one attached hydrogen (secondary N) is 1. The number of sulfonamides is 1. The average Bonchev–Trinajstić information content (AvgIpc) is 3.01. The van der Waals surface area contributed by atoms with Crippen LogP contribution in [0.15, 0.2) is 41.3 Å². The number of urea groups is 1. The maximum Gasteiger partial charge on any atom is 0.321 e. The molecule has 1 aliphatic rings. The topological polar surface area (TPSA) is 90.0 Å². The van der Waals surface area contributed by atoms with E-state index >= 15 is 0 Å². The molecule has 0 spiro atoms. The Morgan fingerprint density at radius 3 is 2.33 bits per heavy atom. The van der Waals surface area contributed by atoms with Gasteiger partial charge in [0, 0.05) is 56.5 Å². The Morgan fingerprint density at radius 1 is 1.00 bits per heavy atom. The molecule has 1 heterocycles. The molecule has 0 atom stereocenters. The minimum Gasteiger partial charge on any atom is -0.337 e. The molecule has 33 heavy (non-hydrogen) atoms. The minimum atomic E-state index is -3.68. The highest BCUT2D eigenvalue weighted by Gasteiger charge is 2.26. The Bertz CT molecular complexity index is 1170. The molecule has 1 fully saturated rings. The number of carbonyl (C=O) groups excluding carboxylic acids is 2. The molecule has 2 aromatic carbocycles. The van der Waals surface area contributed by atoms with Crippen LogP contribution in [0.5, 0.6) is 0 Å². The summed E-state index contributed by atoms with van der Waals surface area (Å²) in [6, 6.07) is 9.85. The van der Waals surface area contributed by atoms with Crippen LogP contribution in [0.4, 0.5) is 10.5 Å². The summed E-state index contributed by atoms with van der Waals surface area (Å²) in [4.78, 5) is 29.4. The molecule has 178 valence electrons. The number of rotatable bonds is 4. The van der Waals surface area contributed by atoms with Crippen LogP contribution in [0.2, 0.25) is 5.02 Å². The monoisotopic (exact) mass is 492 g/mol. The van der Waals surface area contributed by atoms with Gasteiger partial charge in [0.1, 0.15) is 0 Å². The van der Waals surface area contributed by atoms with Crippen molar-refractivity contribution in [2.75, 3.05) is 45.6 Å². The third-order valence-electron chi connectivity index (χ3n) is 5.77. The van der Waals surface area contributed by atoms with Crippen LogP contribution in [-0.4, -0.2) is 74.7 Å². The number of nitrogens with zero attached hydrogens (tertiary/aromatic N) is 3. The van der Waals surface area contributed by atoms with Crippen molar-refractivity contribution >= 4 is 39.2 Å². The zero-order valence-electron chi connectivity index (χ0n) is 19.3. The van der Waals surface area contributed by atoms with Crippen LogP contribution < -0.4 is 5.32 Å². The lowest BCUT2D eigenvalue weighted by Crippen LogP contribution is -2.39. The SMILES string of the molecule is Cc1cc(C(=O)N2CCCN(C(=O)Nc3cccc(Cl)c3)CC2)cc(S(=O)(=O)N(C)C)c1C. The second kappa shape index (κ2) is 10.1. The first kappa shape index (κ1) is 25.0. The third-order valence-corrected chi connectivity index (χ3v) is 7.95. The van der Waals surface area contributed by atoms with E-state index in [-0.39, 0.29) is 16.8 Å². The van der Waals surface area contributed by atoms with Gasteiger partial charge >= 0.3 is 6.03 Å². The van der Waals surface area contributed by atoms with Crippen LogP contribution >= 0.6 is 11.6 Å². The maximum absolute atomic E-state index is 13.3. The van der Waals surface area contributed by atoms with E-state index in [1.807, 2.05) is 0 Å². The molecule has 3 amide bonds. The predicted octanol–water partition coefficient (Wildman–Crippen LogP) is 3.59. The van der Waals surface area contributed by atoms with E-state index in [1.54, 1.807) is 54.0 Å². The zero-order chi connectivity index (χ0) is 24.3. The van der Waals surface area contributed by atoms with Crippen molar-refractivity contribution in [1.82, 2.24) is 14.1 Å². The molecule has 0 aromatic heterocycles. The summed E-state index contributed by atoms with van der Waals surface area (Å²) in [6.45, 7) is 5.23. The highest BCUT2D eigenvalue weighted by Crippen LogP contribution is 2.24. The summed E-state index contributed by atoms with van der Waals surface area (Å²) in [5, 5.41) is 3.36. The van der Waals surface area contributed by atoms with Crippen molar-refractivity contribution in [2.24, 2.45) is 0 Å². The Labute approximate surface area is 200 Å². The summed E-state index contributed by atoms with van der Waals surface area (Å²) >= 11 is 5.98. The Kier molecular flexibility index (Phi) is 7.66. The predicted molar refractivity (Wildman–Crippen MR) is 129 cm³/mol. The van der Waals surface area contributed by atoms with E-state index < -0.39 is 10.0 Å². The number of aryl methyl sites for hydroxylation is 1. The molecule has 1 N–H and O–H groups in total. The summed E-state index contributed by atoms with van der Waals surface area (Å²) < 4.78 is 26.6. The van der Waals surface area contributed by atoms with Gasteiger partial charge in [-0.25, -0.2) is 17.5 Å². The minimum absolute atomic E-state index is 0.133. The van der Waals surface area contributed by atoms with Crippen LogP contribution in [-0.2, 0) is 10.0 Å². The lowest BCUT2D eigenvalue weighted by atomic mass is 10.1. The number of anilines is 1. The highest BCUT2D eigenvalue weighted by atomic mass is 35.5. The van der Waals surface area contributed by atoms with E-state index in [0.717, 1.165) is 9.87 Å². The molecule has 2 aromatic rings. The van der Waals surface area contributed by atoms with Crippen LogP contribution in [0.25, 0.3) is 0 Å². The molecule has 10 heteroatoms. The van der Waals surface area contributed by atoms with Gasteiger partial charge in [-0.1, -0.05) is 17.7 Å². The van der Waals surface area contributed by atoms with Gasteiger partial charge < -0.3 is 15.1 Å². The molecular formula is C23H29ClN4O4S. The molecule has 1 saturated heterocycles. The first-order valence-corrected chi connectivity index (χ1v) is 12.5. The fraction of sp³-hybridized carbons (Fsp3) is 0.391. The van der Waals surface area contributed by atoms with Crippen molar-refractivity contribution < 1.29 is 18.0 Å². The standard InChI is InChI=1S/C23H29ClN4O4S/c1-16-13-18(14-21(17(16)2)33(31,32)26(3)4)22(29)27-9-6-10-28(12-11-27)23(30)25-20-8-5-7-19(24)15-20/h5,7-8,13-15H,6,9-12H2,1-4H3,(H,25,30). The van der Waals surface area contributed by atoms with Gasteiger partial charge in [0.25, 0.3) is 5.91 Å². The summed E-state index contributed by atoms with van der Waals surface area (Å²) in [6.07, 6.45) is 0.613. The first-order valence-electron chi connectivity index (χ1n) is 10.6. The molecule has 0 unspecified atom stereocenters. The molecule has 0 aliphatic carbocycles. The van der Waals surface area contributed by atoms with Crippen molar-refractivity contribution in [3.05, 3.63) is 58.1 Å². The smallest absolute Gasteiger partial charge is 0.321 e. The summed E-state index contributed by atoms with van der Waals surface area (Å²) in [5.74, 6) is -0.245. The molecule has 8 nitrogen and oxygen atoms in total. The molecular weight excluding hydrogens is 464 g/mol. The quantitative estimate of drug-likeness (QED) is 0.706. The highest BCUT2D eigenvalue weighted by molar-refractivity contribution is 7.89. The maximum atomic E-state index is 13.3. The zero-order valence-corrected chi connectivity index (χ0v) is 20.8. The van der Waals surface area contributed by atoms with E-state index in [1.165, 1.54) is 20.2 Å². The number of amides is 3. The molecule has 0 saturated carbocycles. The molecule has 1 aliphatic heterocycles. The van der Waals surface area contributed by atoms with E-state index in [4.69, 9.17) is 11.6 Å². The van der Waals surface area contributed by atoms with Crippen molar-refractivity contribution in [3.63, 3.8) is 0 Å². The third kappa shape index (κ3) is 5.66. The molecule has 0 radical (unpaired) electrons. The van der Waals surface area contributed by atoms with Gasteiger partial charge in [-0.3, -0.25) is 4.79 Å². The van der Waals surface area contributed by atoms with Crippen LogP contribution in [0.3, 0.4) is 0 Å². The second-order valence-corrected chi connectivity index (χ2v) is 10.8. The second-order valence-electron chi connectivity index (χ2n) is 8.28. The van der Waals surface area contributed by atoms with Gasteiger partial charge in [-0.05, 0) is 61.7 Å². The van der Waals surface area contributed by atoms with Crippen molar-refractivity contribution in [1.29, 1.82) is 0 Å². The van der Waals surface area contributed by atoms with Crippen LogP contribution in [0.1, 0.15) is 27.9 Å². The fourth-order valence-corrected chi connectivity index (χ4v) is 5.10. The van der Waals surface area contributed by atoms with E-state index in [9.17, 15) is 18.0 Å². The van der Waals surface area contributed by atoms with Crippen LogP contribution in [0, 0.1) is 13.8 Å². The number of carbonyl (C=O) groups is 2. The lowest BCUT2D eigenvalue weighted by Gasteiger charge is -2.23. The number of hydrogen-bond donors (Lipinski definition) is 1.